The summed E-state index contributed by atoms with van der Waals surface area (Å²) in [4.78, 5) is 13.0. The highest BCUT2D eigenvalue weighted by Gasteiger charge is 1.96. The molecule has 0 N–H and O–H groups in total. The highest BCUT2D eigenvalue weighted by molar-refractivity contribution is 5.89. The molecular formula is C13H15NO2. The van der Waals surface area contributed by atoms with Gasteiger partial charge in [-0.2, -0.15) is 0 Å². The number of hydrogen-bond acceptors (Lipinski definition) is 3. The summed E-state index contributed by atoms with van der Waals surface area (Å²) >= 11 is 0. The lowest BCUT2D eigenvalue weighted by Crippen LogP contribution is -2.08. The Morgan fingerprint density at radius 3 is 2.81 bits per heavy atom. The molecule has 84 valence electrons. The van der Waals surface area contributed by atoms with Gasteiger partial charge in [0.1, 0.15) is 0 Å². The largest absolute Gasteiger partial charge is 0.456 e. The molecule has 0 aromatic heterocycles. The Kier molecular flexibility index (Phi) is 4.41. The van der Waals surface area contributed by atoms with Crippen LogP contribution in [0.2, 0.25) is 0 Å². The smallest absolute Gasteiger partial charge is 0.384 e. The molecule has 0 atom stereocenters. The average molecular weight is 217 g/mol. The number of carbonyl (C=O) groups is 1. The minimum atomic E-state index is -0.488. The molecule has 0 amide bonds. The molecule has 0 saturated heterocycles. The van der Waals surface area contributed by atoms with E-state index in [0.717, 1.165) is 11.3 Å². The second-order valence-corrected chi connectivity index (χ2v) is 3.42. The first-order valence-electron chi connectivity index (χ1n) is 5.09. The number of anilines is 1. The van der Waals surface area contributed by atoms with Gasteiger partial charge in [0, 0.05) is 31.3 Å². The highest BCUT2D eigenvalue weighted by atomic mass is 16.5. The zero-order chi connectivity index (χ0) is 12.0. The van der Waals surface area contributed by atoms with Crippen LogP contribution in [-0.2, 0) is 9.53 Å². The van der Waals surface area contributed by atoms with E-state index in [9.17, 15) is 4.79 Å². The predicted octanol–water partition coefficient (Wildman–Crippen LogP) is 1.67. The third kappa shape index (κ3) is 3.66. The van der Waals surface area contributed by atoms with E-state index in [0.29, 0.717) is 6.61 Å². The lowest BCUT2D eigenvalue weighted by molar-refractivity contribution is -0.136. The van der Waals surface area contributed by atoms with Crippen molar-refractivity contribution in [3.63, 3.8) is 0 Å². The molecule has 3 heteroatoms. The molecule has 0 aliphatic carbocycles. The van der Waals surface area contributed by atoms with Crippen LogP contribution in [0, 0.1) is 11.8 Å². The minimum Gasteiger partial charge on any atom is -0.456 e. The predicted molar refractivity (Wildman–Crippen MR) is 64.3 cm³/mol. The maximum atomic E-state index is 11.0. The molecule has 16 heavy (non-hydrogen) atoms. The standard InChI is InChI=1S/C13H15NO2/c1-4-16-13(15)9-8-11-6-5-7-12(10-11)14(2)3/h5-7,10H,4H2,1-3H3. The van der Waals surface area contributed by atoms with Gasteiger partial charge in [-0.3, -0.25) is 0 Å². The number of rotatable bonds is 2. The lowest BCUT2D eigenvalue weighted by atomic mass is 10.2. The first-order valence-corrected chi connectivity index (χ1v) is 5.09. The number of ether oxygens (including phenoxy) is 1. The molecule has 0 heterocycles. The van der Waals surface area contributed by atoms with Crippen LogP contribution in [0.25, 0.3) is 0 Å². The molecule has 0 fully saturated rings. The van der Waals surface area contributed by atoms with Gasteiger partial charge >= 0.3 is 5.97 Å². The molecule has 1 rings (SSSR count). The SMILES string of the molecule is CCOC(=O)C#Cc1cccc(N(C)C)c1. The Morgan fingerprint density at radius 2 is 2.19 bits per heavy atom. The van der Waals surface area contributed by atoms with E-state index in [2.05, 4.69) is 11.8 Å². The van der Waals surface area contributed by atoms with Gasteiger partial charge in [-0.05, 0) is 25.1 Å². The van der Waals surface area contributed by atoms with Crippen molar-refractivity contribution in [2.45, 2.75) is 6.92 Å². The van der Waals surface area contributed by atoms with E-state index in [-0.39, 0.29) is 0 Å². The second-order valence-electron chi connectivity index (χ2n) is 3.42. The first kappa shape index (κ1) is 12.1. The molecule has 0 spiro atoms. The zero-order valence-corrected chi connectivity index (χ0v) is 9.78. The van der Waals surface area contributed by atoms with Crippen molar-refractivity contribution in [3.8, 4) is 11.8 Å². The van der Waals surface area contributed by atoms with Crippen LogP contribution in [0.4, 0.5) is 5.69 Å². The Hall–Kier alpha value is -1.95. The fourth-order valence-electron chi connectivity index (χ4n) is 1.15. The first-order chi connectivity index (χ1) is 7.63. The van der Waals surface area contributed by atoms with Gasteiger partial charge in [-0.15, -0.1) is 0 Å². The van der Waals surface area contributed by atoms with Gasteiger partial charge in [-0.25, -0.2) is 4.79 Å². The molecule has 1 aromatic carbocycles. The van der Waals surface area contributed by atoms with Gasteiger partial charge in [-0.1, -0.05) is 12.0 Å². The number of esters is 1. The van der Waals surface area contributed by atoms with E-state index in [1.807, 2.05) is 43.3 Å². The summed E-state index contributed by atoms with van der Waals surface area (Å²) in [5.41, 5.74) is 1.86. The van der Waals surface area contributed by atoms with E-state index < -0.39 is 5.97 Å². The van der Waals surface area contributed by atoms with Gasteiger partial charge in [0.15, 0.2) is 0 Å². The van der Waals surface area contributed by atoms with Crippen LogP contribution in [0.1, 0.15) is 12.5 Å². The van der Waals surface area contributed by atoms with Crippen molar-refractivity contribution in [2.75, 3.05) is 25.6 Å². The summed E-state index contributed by atoms with van der Waals surface area (Å²) < 4.78 is 4.72. The van der Waals surface area contributed by atoms with Gasteiger partial charge in [0.2, 0.25) is 0 Å². The van der Waals surface area contributed by atoms with E-state index in [1.54, 1.807) is 6.92 Å². The van der Waals surface area contributed by atoms with E-state index >= 15 is 0 Å². The van der Waals surface area contributed by atoms with E-state index in [1.165, 1.54) is 0 Å². The summed E-state index contributed by atoms with van der Waals surface area (Å²) in [5, 5.41) is 0. The fourth-order valence-corrected chi connectivity index (χ4v) is 1.15. The van der Waals surface area contributed by atoms with Gasteiger partial charge in [0.05, 0.1) is 6.61 Å². The monoisotopic (exact) mass is 217 g/mol. The van der Waals surface area contributed by atoms with Gasteiger partial charge in [0.25, 0.3) is 0 Å². The molecule has 0 radical (unpaired) electrons. The van der Waals surface area contributed by atoms with Crippen LogP contribution >= 0.6 is 0 Å². The summed E-state index contributed by atoms with van der Waals surface area (Å²) in [6.45, 7) is 2.11. The molecule has 0 unspecified atom stereocenters. The van der Waals surface area contributed by atoms with Crippen molar-refractivity contribution in [3.05, 3.63) is 29.8 Å². The normalized spacial score (nSPS) is 8.94. The third-order valence-electron chi connectivity index (χ3n) is 1.95. The van der Waals surface area contributed by atoms with Crippen molar-refractivity contribution in [1.82, 2.24) is 0 Å². The Bertz CT molecular complexity index is 427. The van der Waals surface area contributed by atoms with Crippen LogP contribution in [0.3, 0.4) is 0 Å². The second kappa shape index (κ2) is 5.82. The molecule has 0 aliphatic heterocycles. The van der Waals surface area contributed by atoms with Crippen molar-refractivity contribution >= 4 is 11.7 Å². The summed E-state index contributed by atoms with van der Waals surface area (Å²) in [7, 11) is 3.91. The zero-order valence-electron chi connectivity index (χ0n) is 9.78. The Labute approximate surface area is 96.0 Å². The highest BCUT2D eigenvalue weighted by Crippen LogP contribution is 2.12. The molecule has 0 saturated carbocycles. The van der Waals surface area contributed by atoms with Crippen molar-refractivity contribution < 1.29 is 9.53 Å². The average Bonchev–Trinajstić information content (AvgIpc) is 2.27. The lowest BCUT2D eigenvalue weighted by Gasteiger charge is -2.11. The maximum absolute atomic E-state index is 11.0. The van der Waals surface area contributed by atoms with Gasteiger partial charge < -0.3 is 9.64 Å². The molecule has 0 aliphatic rings. The van der Waals surface area contributed by atoms with Crippen molar-refractivity contribution in [1.29, 1.82) is 0 Å². The molecular weight excluding hydrogens is 202 g/mol. The number of benzene rings is 1. The maximum Gasteiger partial charge on any atom is 0.384 e. The molecule has 3 nitrogen and oxygen atoms in total. The Balaban J connectivity index is 2.81. The Morgan fingerprint density at radius 1 is 1.44 bits per heavy atom. The molecule has 0 bridgehead atoms. The fraction of sp³-hybridized carbons (Fsp3) is 0.308. The van der Waals surface area contributed by atoms with Crippen LogP contribution in [0.5, 0.6) is 0 Å². The molecule has 1 aromatic rings. The topological polar surface area (TPSA) is 29.5 Å². The van der Waals surface area contributed by atoms with Crippen LogP contribution in [0.15, 0.2) is 24.3 Å². The number of carbonyl (C=O) groups excluding carboxylic acids is 1. The summed E-state index contributed by atoms with van der Waals surface area (Å²) in [5.74, 6) is 4.72. The van der Waals surface area contributed by atoms with Crippen LogP contribution < -0.4 is 4.90 Å². The van der Waals surface area contributed by atoms with Crippen LogP contribution in [-0.4, -0.2) is 26.7 Å². The number of hydrogen-bond donors (Lipinski definition) is 0. The third-order valence-corrected chi connectivity index (χ3v) is 1.95. The van der Waals surface area contributed by atoms with E-state index in [4.69, 9.17) is 4.74 Å². The summed E-state index contributed by atoms with van der Waals surface area (Å²) in [6.07, 6.45) is 0. The summed E-state index contributed by atoms with van der Waals surface area (Å²) in [6, 6.07) is 7.67. The van der Waals surface area contributed by atoms with Crippen molar-refractivity contribution in [2.24, 2.45) is 0 Å². The number of nitrogens with zero attached hydrogens (tertiary/aromatic N) is 1. The minimum absolute atomic E-state index is 0.352. The quantitative estimate of drug-likeness (QED) is 0.557.